The van der Waals surface area contributed by atoms with Gasteiger partial charge in [0.1, 0.15) is 18.5 Å². The molecular weight excluding hydrogens is 402 g/mol. The second-order valence-corrected chi connectivity index (χ2v) is 8.24. The molecule has 6 nitrogen and oxygen atoms in total. The van der Waals surface area contributed by atoms with Gasteiger partial charge in [-0.1, -0.05) is 11.6 Å². The highest BCUT2D eigenvalue weighted by Crippen LogP contribution is 2.22. The molecule has 0 spiro atoms. The van der Waals surface area contributed by atoms with Gasteiger partial charge >= 0.3 is 0 Å². The smallest absolute Gasteiger partial charge is 0.248 e. The van der Waals surface area contributed by atoms with Crippen LogP contribution < -0.4 is 15.2 Å². The molecule has 1 aliphatic rings. The number of rotatable bonds is 6. The van der Waals surface area contributed by atoms with Crippen LogP contribution in [0.4, 0.5) is 5.69 Å². The lowest BCUT2D eigenvalue weighted by Crippen LogP contribution is -2.54. The number of piperazine rings is 1. The SMILES string of the molecule is C[C@@H]1CN(c2ccc(Cl)cc2)CCN1C[C@@H](O)COc1ccc2[nH]c(=O)ccc2c1. The first kappa shape index (κ1) is 20.7. The summed E-state index contributed by atoms with van der Waals surface area (Å²) in [5, 5.41) is 12.1. The molecule has 0 saturated carbocycles. The number of fused-ring (bicyclic) bond motifs is 1. The average molecular weight is 428 g/mol. The maximum absolute atomic E-state index is 11.4. The maximum atomic E-state index is 11.4. The summed E-state index contributed by atoms with van der Waals surface area (Å²) in [6, 6.07) is 17.0. The Labute approximate surface area is 180 Å². The number of benzene rings is 2. The summed E-state index contributed by atoms with van der Waals surface area (Å²) >= 11 is 5.99. The first-order chi connectivity index (χ1) is 14.5. The number of ether oxygens (including phenoxy) is 1. The Kier molecular flexibility index (Phi) is 6.27. The molecule has 2 aromatic carbocycles. The Morgan fingerprint density at radius 3 is 2.73 bits per heavy atom. The Balaban J connectivity index is 1.29. The monoisotopic (exact) mass is 427 g/mol. The summed E-state index contributed by atoms with van der Waals surface area (Å²) in [7, 11) is 0. The van der Waals surface area contributed by atoms with E-state index in [1.807, 2.05) is 36.4 Å². The van der Waals surface area contributed by atoms with Crippen LogP contribution in [0.3, 0.4) is 0 Å². The number of hydrogen-bond acceptors (Lipinski definition) is 5. The molecule has 30 heavy (non-hydrogen) atoms. The number of aromatic amines is 1. The Hall–Kier alpha value is -2.54. The molecule has 1 aromatic heterocycles. The second kappa shape index (κ2) is 9.08. The minimum absolute atomic E-state index is 0.128. The van der Waals surface area contributed by atoms with Gasteiger partial charge in [-0.15, -0.1) is 0 Å². The fraction of sp³-hybridized carbons (Fsp3) is 0.348. The van der Waals surface area contributed by atoms with Gasteiger partial charge in [-0.25, -0.2) is 0 Å². The van der Waals surface area contributed by atoms with E-state index < -0.39 is 6.10 Å². The van der Waals surface area contributed by atoms with E-state index in [1.165, 1.54) is 11.8 Å². The van der Waals surface area contributed by atoms with Crippen LogP contribution in [-0.2, 0) is 0 Å². The van der Waals surface area contributed by atoms with Crippen LogP contribution in [0.1, 0.15) is 6.92 Å². The molecule has 2 atom stereocenters. The number of pyridine rings is 1. The molecule has 0 bridgehead atoms. The van der Waals surface area contributed by atoms with Crippen LogP contribution in [0.2, 0.25) is 5.02 Å². The van der Waals surface area contributed by atoms with E-state index >= 15 is 0 Å². The van der Waals surface area contributed by atoms with Gasteiger partial charge in [-0.3, -0.25) is 9.69 Å². The quantitative estimate of drug-likeness (QED) is 0.632. The molecule has 2 heterocycles. The van der Waals surface area contributed by atoms with Crippen molar-refractivity contribution in [2.75, 3.05) is 37.7 Å². The van der Waals surface area contributed by atoms with Gasteiger partial charge in [0.25, 0.3) is 0 Å². The summed E-state index contributed by atoms with van der Waals surface area (Å²) in [5.74, 6) is 0.675. The summed E-state index contributed by atoms with van der Waals surface area (Å²) in [5.41, 5.74) is 1.81. The molecule has 7 heteroatoms. The highest BCUT2D eigenvalue weighted by molar-refractivity contribution is 6.30. The predicted molar refractivity (Wildman–Crippen MR) is 121 cm³/mol. The Morgan fingerprint density at radius 2 is 1.97 bits per heavy atom. The molecular formula is C23H26ClN3O3. The van der Waals surface area contributed by atoms with Crippen LogP contribution in [-0.4, -0.2) is 59.9 Å². The number of H-pyrrole nitrogens is 1. The highest BCUT2D eigenvalue weighted by Gasteiger charge is 2.25. The van der Waals surface area contributed by atoms with Crippen LogP contribution >= 0.6 is 11.6 Å². The van der Waals surface area contributed by atoms with Crippen molar-refractivity contribution in [3.8, 4) is 5.75 Å². The van der Waals surface area contributed by atoms with Crippen molar-refractivity contribution in [3.63, 3.8) is 0 Å². The number of nitrogens with zero attached hydrogens (tertiary/aromatic N) is 2. The largest absolute Gasteiger partial charge is 0.491 e. The fourth-order valence-electron chi connectivity index (χ4n) is 3.89. The lowest BCUT2D eigenvalue weighted by molar-refractivity contribution is 0.0513. The fourth-order valence-corrected chi connectivity index (χ4v) is 4.02. The normalized spacial score (nSPS) is 18.5. The van der Waals surface area contributed by atoms with E-state index in [1.54, 1.807) is 12.1 Å². The molecule has 0 aliphatic carbocycles. The first-order valence-electron chi connectivity index (χ1n) is 10.2. The van der Waals surface area contributed by atoms with Crippen molar-refractivity contribution in [1.82, 2.24) is 9.88 Å². The van der Waals surface area contributed by atoms with Gasteiger partial charge in [0.05, 0.1) is 0 Å². The van der Waals surface area contributed by atoms with Crippen LogP contribution in [0.5, 0.6) is 5.75 Å². The number of aliphatic hydroxyl groups is 1. The zero-order chi connectivity index (χ0) is 21.1. The highest BCUT2D eigenvalue weighted by atomic mass is 35.5. The standard InChI is InChI=1S/C23H26ClN3O3/c1-16-13-27(19-5-3-18(24)4-6-19)11-10-26(16)14-20(28)15-30-21-7-8-22-17(12-21)2-9-23(29)25-22/h2-9,12,16,20,28H,10-11,13-15H2,1H3,(H,25,29)/t16-,20-/m1/s1. The number of halogens is 1. The number of anilines is 1. The molecule has 0 radical (unpaired) electrons. The molecule has 0 amide bonds. The summed E-state index contributed by atoms with van der Waals surface area (Å²) < 4.78 is 5.79. The van der Waals surface area contributed by atoms with E-state index in [0.717, 1.165) is 35.6 Å². The minimum Gasteiger partial charge on any atom is -0.491 e. The van der Waals surface area contributed by atoms with Crippen LogP contribution in [0, 0.1) is 0 Å². The summed E-state index contributed by atoms with van der Waals surface area (Å²) in [4.78, 5) is 18.8. The van der Waals surface area contributed by atoms with Gasteiger partial charge in [0.2, 0.25) is 5.56 Å². The van der Waals surface area contributed by atoms with Crippen molar-refractivity contribution in [1.29, 1.82) is 0 Å². The lowest BCUT2D eigenvalue weighted by atomic mass is 10.1. The minimum atomic E-state index is -0.583. The van der Waals surface area contributed by atoms with Crippen LogP contribution in [0.15, 0.2) is 59.4 Å². The average Bonchev–Trinajstić information content (AvgIpc) is 2.74. The number of hydrogen-bond donors (Lipinski definition) is 2. The summed E-state index contributed by atoms with van der Waals surface area (Å²) in [6.45, 7) is 5.65. The van der Waals surface area contributed by atoms with Crippen molar-refractivity contribution in [2.24, 2.45) is 0 Å². The maximum Gasteiger partial charge on any atom is 0.248 e. The van der Waals surface area contributed by atoms with E-state index in [9.17, 15) is 9.90 Å². The van der Waals surface area contributed by atoms with Crippen LogP contribution in [0.25, 0.3) is 10.9 Å². The third kappa shape index (κ3) is 4.95. The van der Waals surface area contributed by atoms with E-state index in [4.69, 9.17) is 16.3 Å². The number of aromatic nitrogens is 1. The molecule has 4 rings (SSSR count). The molecule has 3 aromatic rings. The third-order valence-electron chi connectivity index (χ3n) is 5.54. The summed E-state index contributed by atoms with van der Waals surface area (Å²) in [6.07, 6.45) is -0.583. The molecule has 1 aliphatic heterocycles. The topological polar surface area (TPSA) is 68.8 Å². The number of aliphatic hydroxyl groups excluding tert-OH is 1. The van der Waals surface area contributed by atoms with Gasteiger partial charge in [0.15, 0.2) is 0 Å². The van der Waals surface area contributed by atoms with Gasteiger partial charge in [-0.2, -0.15) is 0 Å². The number of β-amino-alcohol motifs (C(OH)–C–C–N with tert-alkyl or cyclic N) is 1. The molecule has 2 N–H and O–H groups in total. The zero-order valence-electron chi connectivity index (χ0n) is 16.9. The van der Waals surface area contributed by atoms with E-state index in [2.05, 4.69) is 21.7 Å². The molecule has 0 unspecified atom stereocenters. The third-order valence-corrected chi connectivity index (χ3v) is 5.79. The Bertz CT molecular complexity index is 1050. The van der Waals surface area contributed by atoms with Crippen molar-refractivity contribution >= 4 is 28.2 Å². The van der Waals surface area contributed by atoms with Gasteiger partial charge < -0.3 is 19.7 Å². The molecule has 158 valence electrons. The van der Waals surface area contributed by atoms with E-state index in [0.29, 0.717) is 18.3 Å². The van der Waals surface area contributed by atoms with Gasteiger partial charge in [-0.05, 0) is 55.5 Å². The zero-order valence-corrected chi connectivity index (χ0v) is 17.7. The van der Waals surface area contributed by atoms with Crippen molar-refractivity contribution < 1.29 is 9.84 Å². The lowest BCUT2D eigenvalue weighted by Gasteiger charge is -2.41. The molecule has 1 saturated heterocycles. The van der Waals surface area contributed by atoms with E-state index in [-0.39, 0.29) is 12.2 Å². The first-order valence-corrected chi connectivity index (χ1v) is 10.5. The number of nitrogens with one attached hydrogen (secondary N) is 1. The molecule has 1 fully saturated rings. The predicted octanol–water partition coefficient (Wildman–Crippen LogP) is 3.13. The Morgan fingerprint density at radius 1 is 1.17 bits per heavy atom. The van der Waals surface area contributed by atoms with Crippen molar-refractivity contribution in [2.45, 2.75) is 19.1 Å². The van der Waals surface area contributed by atoms with Gasteiger partial charge in [0, 0.05) is 59.9 Å². The van der Waals surface area contributed by atoms with Crippen molar-refractivity contribution in [3.05, 3.63) is 70.0 Å². The second-order valence-electron chi connectivity index (χ2n) is 7.80.